The van der Waals surface area contributed by atoms with Crippen LogP contribution in [0.4, 0.5) is 13.2 Å². The van der Waals surface area contributed by atoms with Crippen LogP contribution in [0, 0.1) is 0 Å². The molecule has 0 spiro atoms. The molecule has 0 aliphatic carbocycles. The minimum Gasteiger partial charge on any atom is -0.423 e. The second kappa shape index (κ2) is 4.44. The van der Waals surface area contributed by atoms with E-state index in [9.17, 15) is 18.0 Å². The molecule has 2 N–H and O–H groups in total. The number of ketones is 1. The number of hydrogen-bond acceptors (Lipinski definition) is 3. The number of rotatable bonds is 2. The number of alkyl halides is 3. The van der Waals surface area contributed by atoms with Crippen LogP contribution in [-0.2, 0) is 0 Å². The SMILES string of the molecule is O=C(c1ccc(B(O)O)c(Cl)c1)C(F)(F)F. The first-order valence-corrected chi connectivity index (χ1v) is 4.38. The molecule has 16 heavy (non-hydrogen) atoms. The van der Waals surface area contributed by atoms with Gasteiger partial charge in [0.05, 0.1) is 0 Å². The lowest BCUT2D eigenvalue weighted by Gasteiger charge is -2.07. The van der Waals surface area contributed by atoms with Crippen LogP contribution in [0.25, 0.3) is 0 Å². The fourth-order valence-electron chi connectivity index (χ4n) is 1.04. The molecule has 1 aromatic carbocycles. The molecule has 0 atom stereocenters. The lowest BCUT2D eigenvalue weighted by atomic mass is 9.80. The lowest BCUT2D eigenvalue weighted by molar-refractivity contribution is -0.0885. The number of benzene rings is 1. The minimum absolute atomic E-state index is 0.166. The van der Waals surface area contributed by atoms with Gasteiger partial charge in [0.1, 0.15) is 0 Å². The zero-order valence-electron chi connectivity index (χ0n) is 7.62. The number of halogens is 4. The quantitative estimate of drug-likeness (QED) is 0.604. The molecule has 86 valence electrons. The van der Waals surface area contributed by atoms with Crippen LogP contribution in [0.1, 0.15) is 10.4 Å². The van der Waals surface area contributed by atoms with Crippen LogP contribution in [0.5, 0.6) is 0 Å². The van der Waals surface area contributed by atoms with Crippen molar-refractivity contribution >= 4 is 30.0 Å². The molecule has 0 aliphatic heterocycles. The molecule has 1 aromatic rings. The predicted octanol–water partition coefficient (Wildman–Crippen LogP) is 0.765. The van der Waals surface area contributed by atoms with E-state index >= 15 is 0 Å². The molecular formula is C8H5BClF3O3. The first-order valence-electron chi connectivity index (χ1n) is 4.00. The summed E-state index contributed by atoms with van der Waals surface area (Å²) in [5.74, 6) is -2.03. The van der Waals surface area contributed by atoms with E-state index in [2.05, 4.69) is 0 Å². The van der Waals surface area contributed by atoms with Gasteiger partial charge in [-0.15, -0.1) is 0 Å². The zero-order valence-corrected chi connectivity index (χ0v) is 8.38. The molecule has 0 aliphatic rings. The van der Waals surface area contributed by atoms with Gasteiger partial charge in [0.25, 0.3) is 5.78 Å². The summed E-state index contributed by atoms with van der Waals surface area (Å²) in [7, 11) is -1.90. The van der Waals surface area contributed by atoms with E-state index in [0.717, 1.165) is 18.2 Å². The molecule has 1 rings (SSSR count). The van der Waals surface area contributed by atoms with E-state index < -0.39 is 24.6 Å². The van der Waals surface area contributed by atoms with E-state index in [1.807, 2.05) is 0 Å². The van der Waals surface area contributed by atoms with Crippen molar-refractivity contribution in [2.75, 3.05) is 0 Å². The van der Waals surface area contributed by atoms with Crippen LogP contribution < -0.4 is 5.46 Å². The van der Waals surface area contributed by atoms with E-state index in [1.54, 1.807) is 0 Å². The van der Waals surface area contributed by atoms with Crippen LogP contribution in [0.2, 0.25) is 5.02 Å². The van der Waals surface area contributed by atoms with E-state index in [0.29, 0.717) is 0 Å². The summed E-state index contributed by atoms with van der Waals surface area (Å²) in [5.41, 5.74) is -0.817. The van der Waals surface area contributed by atoms with Crippen molar-refractivity contribution in [1.29, 1.82) is 0 Å². The molecule has 0 fully saturated rings. The highest BCUT2D eigenvalue weighted by Crippen LogP contribution is 2.22. The Morgan fingerprint density at radius 1 is 1.31 bits per heavy atom. The maximum absolute atomic E-state index is 12.0. The summed E-state index contributed by atoms with van der Waals surface area (Å²) in [4.78, 5) is 10.8. The molecule has 0 bridgehead atoms. The number of carbonyl (C=O) groups excluding carboxylic acids is 1. The summed E-state index contributed by atoms with van der Waals surface area (Å²) in [6, 6.07) is 2.52. The van der Waals surface area contributed by atoms with Crippen LogP contribution in [0.15, 0.2) is 18.2 Å². The van der Waals surface area contributed by atoms with Crippen molar-refractivity contribution in [3.63, 3.8) is 0 Å². The van der Waals surface area contributed by atoms with E-state index in [-0.39, 0.29) is 10.5 Å². The average molecular weight is 252 g/mol. The first kappa shape index (κ1) is 13.0. The van der Waals surface area contributed by atoms with Crippen LogP contribution in [-0.4, -0.2) is 29.1 Å². The number of Topliss-reactive ketones (excluding diaryl/α,β-unsaturated/α-hetero) is 1. The zero-order chi connectivity index (χ0) is 12.5. The second-order valence-electron chi connectivity index (χ2n) is 2.94. The van der Waals surface area contributed by atoms with E-state index in [4.69, 9.17) is 21.6 Å². The van der Waals surface area contributed by atoms with Crippen molar-refractivity contribution in [3.8, 4) is 0 Å². The fourth-order valence-corrected chi connectivity index (χ4v) is 1.32. The standard InChI is InChI=1S/C8H5BClF3O3/c10-6-3-4(7(14)8(11,12)13)1-2-5(6)9(15)16/h1-3,15-16H. The topological polar surface area (TPSA) is 57.5 Å². The van der Waals surface area contributed by atoms with Crippen LogP contribution in [0.3, 0.4) is 0 Å². The second-order valence-corrected chi connectivity index (χ2v) is 3.34. The highest BCUT2D eigenvalue weighted by Gasteiger charge is 2.39. The Kier molecular flexibility index (Phi) is 3.62. The molecule has 3 nitrogen and oxygen atoms in total. The summed E-state index contributed by atoms with van der Waals surface area (Å²) < 4.78 is 36.1. The van der Waals surface area contributed by atoms with Gasteiger partial charge >= 0.3 is 13.3 Å². The monoisotopic (exact) mass is 252 g/mol. The van der Waals surface area contributed by atoms with E-state index in [1.165, 1.54) is 0 Å². The van der Waals surface area contributed by atoms with Gasteiger partial charge in [0.2, 0.25) is 0 Å². The summed E-state index contributed by atoms with van der Waals surface area (Å²) in [6.45, 7) is 0. The third-order valence-corrected chi connectivity index (χ3v) is 2.13. The largest absolute Gasteiger partial charge is 0.489 e. The Morgan fingerprint density at radius 3 is 2.25 bits per heavy atom. The van der Waals surface area contributed by atoms with Crippen molar-refractivity contribution in [3.05, 3.63) is 28.8 Å². The molecule has 0 heterocycles. The third-order valence-electron chi connectivity index (χ3n) is 1.80. The Hall–Kier alpha value is -1.05. The molecule has 0 saturated heterocycles. The Morgan fingerprint density at radius 2 is 1.88 bits per heavy atom. The highest BCUT2D eigenvalue weighted by atomic mass is 35.5. The lowest BCUT2D eigenvalue weighted by Crippen LogP contribution is -2.31. The van der Waals surface area contributed by atoms with Gasteiger partial charge in [0, 0.05) is 16.0 Å². The summed E-state index contributed by atoms with van der Waals surface area (Å²) >= 11 is 5.48. The third kappa shape index (κ3) is 2.75. The van der Waals surface area contributed by atoms with Crippen molar-refractivity contribution < 1.29 is 28.0 Å². The van der Waals surface area contributed by atoms with Gasteiger partial charge in [-0.2, -0.15) is 13.2 Å². The molecule has 0 amide bonds. The Balaban J connectivity index is 3.12. The molecular weight excluding hydrogens is 247 g/mol. The molecule has 0 unspecified atom stereocenters. The van der Waals surface area contributed by atoms with Gasteiger partial charge in [-0.3, -0.25) is 4.79 Å². The van der Waals surface area contributed by atoms with Gasteiger partial charge in [0.15, 0.2) is 0 Å². The number of hydrogen-bond donors (Lipinski definition) is 2. The summed E-state index contributed by atoms with van der Waals surface area (Å²) in [6.07, 6.45) is -4.98. The van der Waals surface area contributed by atoms with Gasteiger partial charge in [-0.05, 0) is 6.07 Å². The normalized spacial score (nSPS) is 11.4. The van der Waals surface area contributed by atoms with Crippen LogP contribution >= 0.6 is 11.6 Å². The fraction of sp³-hybridized carbons (Fsp3) is 0.125. The Bertz CT molecular complexity index is 419. The summed E-state index contributed by atoms with van der Waals surface area (Å²) in [5, 5.41) is 17.2. The van der Waals surface area contributed by atoms with Crippen molar-refractivity contribution in [2.24, 2.45) is 0 Å². The maximum atomic E-state index is 12.0. The Labute approximate surface area is 93.6 Å². The van der Waals surface area contributed by atoms with Gasteiger partial charge in [-0.25, -0.2) is 0 Å². The maximum Gasteiger partial charge on any atom is 0.489 e. The minimum atomic E-state index is -4.98. The molecule has 0 radical (unpaired) electrons. The predicted molar refractivity (Wildman–Crippen MR) is 51.7 cm³/mol. The van der Waals surface area contributed by atoms with Gasteiger partial charge < -0.3 is 10.0 Å². The van der Waals surface area contributed by atoms with Gasteiger partial charge in [-0.1, -0.05) is 23.7 Å². The molecule has 0 saturated carbocycles. The highest BCUT2D eigenvalue weighted by molar-refractivity contribution is 6.62. The molecule has 8 heteroatoms. The van der Waals surface area contributed by atoms with Crippen molar-refractivity contribution in [1.82, 2.24) is 0 Å². The van der Waals surface area contributed by atoms with Crippen molar-refractivity contribution in [2.45, 2.75) is 6.18 Å². The number of carbonyl (C=O) groups is 1. The average Bonchev–Trinajstić information content (AvgIpc) is 2.14. The smallest absolute Gasteiger partial charge is 0.423 e. The first-order chi connectivity index (χ1) is 7.23. The molecule has 0 aromatic heterocycles.